The Hall–Kier alpha value is -2.47. The number of nitrogens with zero attached hydrogens (tertiary/aromatic N) is 3. The zero-order chi connectivity index (χ0) is 18.8. The van der Waals surface area contributed by atoms with Gasteiger partial charge in [-0.05, 0) is 41.7 Å². The number of methoxy groups -OCH3 is 1. The molecule has 2 aliphatic heterocycles. The van der Waals surface area contributed by atoms with E-state index >= 15 is 0 Å². The van der Waals surface area contributed by atoms with Crippen LogP contribution >= 0.6 is 0 Å². The zero-order valence-corrected chi connectivity index (χ0v) is 15.5. The van der Waals surface area contributed by atoms with Crippen LogP contribution in [0.4, 0.5) is 4.39 Å². The van der Waals surface area contributed by atoms with Crippen molar-refractivity contribution in [3.8, 4) is 5.75 Å². The second kappa shape index (κ2) is 7.64. The maximum Gasteiger partial charge on any atom is 0.227 e. The molecule has 2 atom stereocenters. The van der Waals surface area contributed by atoms with Crippen LogP contribution in [0.1, 0.15) is 17.5 Å². The summed E-state index contributed by atoms with van der Waals surface area (Å²) in [4.78, 5) is 21.4. The number of benzene rings is 1. The molecule has 6 heteroatoms. The minimum atomic E-state index is -0.425. The van der Waals surface area contributed by atoms with Crippen molar-refractivity contribution >= 4 is 5.91 Å². The molecule has 1 aromatic heterocycles. The molecule has 1 amide bonds. The molecule has 27 heavy (non-hydrogen) atoms. The first kappa shape index (κ1) is 17.9. The van der Waals surface area contributed by atoms with Gasteiger partial charge in [-0.25, -0.2) is 4.39 Å². The highest BCUT2D eigenvalue weighted by molar-refractivity contribution is 5.79. The Morgan fingerprint density at radius 3 is 2.93 bits per heavy atom. The molecule has 2 saturated heterocycles. The van der Waals surface area contributed by atoms with Crippen molar-refractivity contribution in [2.75, 3.05) is 26.7 Å². The molecule has 0 bridgehead atoms. The van der Waals surface area contributed by atoms with Crippen molar-refractivity contribution < 1.29 is 13.9 Å². The van der Waals surface area contributed by atoms with Crippen molar-refractivity contribution in [2.24, 2.45) is 5.92 Å². The lowest BCUT2D eigenvalue weighted by Crippen LogP contribution is -2.40. The Labute approximate surface area is 158 Å². The molecule has 2 aliphatic rings. The molecule has 0 saturated carbocycles. The van der Waals surface area contributed by atoms with Crippen LogP contribution in [0.25, 0.3) is 0 Å². The molecule has 142 valence electrons. The van der Waals surface area contributed by atoms with Gasteiger partial charge in [0, 0.05) is 44.6 Å². The van der Waals surface area contributed by atoms with E-state index in [9.17, 15) is 9.18 Å². The number of ether oxygens (including phenoxy) is 1. The molecule has 4 rings (SSSR count). The lowest BCUT2D eigenvalue weighted by molar-refractivity contribution is -0.131. The largest absolute Gasteiger partial charge is 0.494 e. The summed E-state index contributed by atoms with van der Waals surface area (Å²) in [7, 11) is 1.44. The van der Waals surface area contributed by atoms with Gasteiger partial charge in [-0.15, -0.1) is 0 Å². The third-order valence-electron chi connectivity index (χ3n) is 5.64. The highest BCUT2D eigenvalue weighted by atomic mass is 19.1. The van der Waals surface area contributed by atoms with E-state index in [-0.39, 0.29) is 24.1 Å². The SMILES string of the molecule is COc1ccc(CC(=O)N2CC[C@H]3CN(Cc4cccnc4)C[C@H]32)cc1F. The molecular weight excluding hydrogens is 345 g/mol. The van der Waals surface area contributed by atoms with Gasteiger partial charge in [0.15, 0.2) is 11.6 Å². The first-order valence-electron chi connectivity index (χ1n) is 9.37. The van der Waals surface area contributed by atoms with Crippen LogP contribution in [0.5, 0.6) is 5.75 Å². The highest BCUT2D eigenvalue weighted by Gasteiger charge is 2.42. The second-order valence-electron chi connectivity index (χ2n) is 7.40. The lowest BCUT2D eigenvalue weighted by atomic mass is 10.0. The van der Waals surface area contributed by atoms with Gasteiger partial charge in [0.1, 0.15) is 0 Å². The van der Waals surface area contributed by atoms with Gasteiger partial charge < -0.3 is 9.64 Å². The number of amides is 1. The number of hydrogen-bond acceptors (Lipinski definition) is 4. The second-order valence-corrected chi connectivity index (χ2v) is 7.40. The van der Waals surface area contributed by atoms with Gasteiger partial charge in [0.05, 0.1) is 13.5 Å². The molecule has 1 aromatic carbocycles. The van der Waals surface area contributed by atoms with E-state index in [1.54, 1.807) is 18.3 Å². The Balaban J connectivity index is 1.38. The van der Waals surface area contributed by atoms with Crippen LogP contribution in [0.2, 0.25) is 0 Å². The average Bonchev–Trinajstić information content (AvgIpc) is 3.22. The molecule has 0 radical (unpaired) electrons. The monoisotopic (exact) mass is 369 g/mol. The number of pyridine rings is 1. The predicted octanol–water partition coefficient (Wildman–Crippen LogP) is 2.50. The molecule has 5 nitrogen and oxygen atoms in total. The van der Waals surface area contributed by atoms with Crippen molar-refractivity contribution in [3.63, 3.8) is 0 Å². The van der Waals surface area contributed by atoms with Crippen molar-refractivity contribution in [3.05, 3.63) is 59.7 Å². The lowest BCUT2D eigenvalue weighted by Gasteiger charge is -2.25. The van der Waals surface area contributed by atoms with Gasteiger partial charge in [0.2, 0.25) is 5.91 Å². The molecule has 0 spiro atoms. The first-order valence-corrected chi connectivity index (χ1v) is 9.37. The van der Waals surface area contributed by atoms with Gasteiger partial charge in [0.25, 0.3) is 0 Å². The predicted molar refractivity (Wildman–Crippen MR) is 99.8 cm³/mol. The van der Waals surface area contributed by atoms with Gasteiger partial charge in [-0.1, -0.05) is 12.1 Å². The molecule has 2 fully saturated rings. The number of carbonyl (C=O) groups is 1. The Morgan fingerprint density at radius 1 is 1.30 bits per heavy atom. The van der Waals surface area contributed by atoms with Gasteiger partial charge in [-0.2, -0.15) is 0 Å². The normalized spacial score (nSPS) is 22.1. The Bertz CT molecular complexity index is 814. The molecular formula is C21H24FN3O2. The maximum absolute atomic E-state index is 13.9. The van der Waals surface area contributed by atoms with Crippen LogP contribution in [0.15, 0.2) is 42.7 Å². The number of rotatable bonds is 5. The first-order chi connectivity index (χ1) is 13.1. The number of hydrogen-bond donors (Lipinski definition) is 0. The zero-order valence-electron chi connectivity index (χ0n) is 15.5. The molecule has 3 heterocycles. The van der Waals surface area contributed by atoms with E-state index in [1.165, 1.54) is 18.7 Å². The topological polar surface area (TPSA) is 45.7 Å². The van der Waals surface area contributed by atoms with Gasteiger partial charge >= 0.3 is 0 Å². The summed E-state index contributed by atoms with van der Waals surface area (Å²) in [5, 5.41) is 0. The number of fused-ring (bicyclic) bond motifs is 1. The van der Waals surface area contributed by atoms with Crippen LogP contribution in [-0.4, -0.2) is 53.5 Å². The third-order valence-corrected chi connectivity index (χ3v) is 5.64. The third kappa shape index (κ3) is 3.81. The number of carbonyl (C=O) groups excluding carboxylic acids is 1. The summed E-state index contributed by atoms with van der Waals surface area (Å²) in [5.74, 6) is 0.383. The van der Waals surface area contributed by atoms with Crippen LogP contribution in [0.3, 0.4) is 0 Å². The molecule has 2 aromatic rings. The number of likely N-dealkylation sites (tertiary alicyclic amines) is 2. The summed E-state index contributed by atoms with van der Waals surface area (Å²) in [5.41, 5.74) is 1.89. The van der Waals surface area contributed by atoms with E-state index in [4.69, 9.17) is 4.74 Å². The minimum Gasteiger partial charge on any atom is -0.494 e. The summed E-state index contributed by atoms with van der Waals surface area (Å²) in [6.45, 7) is 3.57. The van der Waals surface area contributed by atoms with Crippen LogP contribution in [0, 0.1) is 11.7 Å². The standard InChI is InChI=1S/C21H24FN3O2/c1-27-20-5-4-15(9-18(20)22)10-21(26)25-8-6-17-13-24(14-19(17)25)12-16-3-2-7-23-11-16/h2-5,7,9,11,17,19H,6,8,10,12-14H2,1H3/t17-,19+/m0/s1. The van der Waals surface area contributed by atoms with Crippen LogP contribution in [-0.2, 0) is 17.8 Å². The van der Waals surface area contributed by atoms with Crippen molar-refractivity contribution in [1.29, 1.82) is 0 Å². The molecule has 0 N–H and O–H groups in total. The minimum absolute atomic E-state index is 0.0790. The summed E-state index contributed by atoms with van der Waals surface area (Å²) < 4.78 is 18.8. The van der Waals surface area contributed by atoms with Crippen molar-refractivity contribution in [1.82, 2.24) is 14.8 Å². The molecule has 0 unspecified atom stereocenters. The molecule has 0 aliphatic carbocycles. The van der Waals surface area contributed by atoms with Crippen molar-refractivity contribution in [2.45, 2.75) is 25.4 Å². The average molecular weight is 369 g/mol. The van der Waals surface area contributed by atoms with E-state index < -0.39 is 5.82 Å². The van der Waals surface area contributed by atoms with E-state index in [1.807, 2.05) is 17.2 Å². The number of aromatic nitrogens is 1. The quantitative estimate of drug-likeness (QED) is 0.812. The summed E-state index contributed by atoms with van der Waals surface area (Å²) >= 11 is 0. The maximum atomic E-state index is 13.9. The summed E-state index contributed by atoms with van der Waals surface area (Å²) in [6, 6.07) is 9.04. The fourth-order valence-electron chi connectivity index (χ4n) is 4.33. The summed E-state index contributed by atoms with van der Waals surface area (Å²) in [6.07, 6.45) is 4.95. The number of halogens is 1. The van der Waals surface area contributed by atoms with Gasteiger partial charge in [-0.3, -0.25) is 14.7 Å². The fraction of sp³-hybridized carbons (Fsp3) is 0.429. The Morgan fingerprint density at radius 2 is 2.19 bits per heavy atom. The van der Waals surface area contributed by atoms with E-state index in [0.29, 0.717) is 11.5 Å². The smallest absolute Gasteiger partial charge is 0.227 e. The highest BCUT2D eigenvalue weighted by Crippen LogP contribution is 2.32. The van der Waals surface area contributed by atoms with E-state index in [2.05, 4.69) is 16.0 Å². The fourth-order valence-corrected chi connectivity index (χ4v) is 4.33. The van der Waals surface area contributed by atoms with E-state index in [0.717, 1.165) is 32.6 Å². The van der Waals surface area contributed by atoms with Crippen LogP contribution < -0.4 is 4.74 Å². The Kier molecular flexibility index (Phi) is 5.07.